The average Bonchev–Trinajstić information content (AvgIpc) is 2.65. The zero-order valence-electron chi connectivity index (χ0n) is 17.0. The number of rotatable bonds is 12. The van der Waals surface area contributed by atoms with Gasteiger partial charge in [-0.05, 0) is 23.6 Å². The summed E-state index contributed by atoms with van der Waals surface area (Å²) in [4.78, 5) is 37.6. The van der Waals surface area contributed by atoms with Crippen molar-refractivity contribution in [2.75, 3.05) is 29.7 Å². The van der Waals surface area contributed by atoms with Gasteiger partial charge in [-0.25, -0.2) is 4.79 Å². The molecular formula is C20H29Cl2N3O4. The molecular weight excluding hydrogens is 417 g/mol. The van der Waals surface area contributed by atoms with Gasteiger partial charge < -0.3 is 20.6 Å². The molecule has 0 aliphatic carbocycles. The molecule has 0 aliphatic rings. The maximum Gasteiger partial charge on any atom is 0.326 e. The van der Waals surface area contributed by atoms with Crippen LogP contribution < -0.4 is 15.5 Å². The maximum absolute atomic E-state index is 12.6. The van der Waals surface area contributed by atoms with Gasteiger partial charge in [0.1, 0.15) is 12.1 Å². The molecule has 0 aromatic heterocycles. The highest BCUT2D eigenvalue weighted by Gasteiger charge is 2.28. The molecule has 0 aliphatic heterocycles. The van der Waals surface area contributed by atoms with Crippen LogP contribution in [0, 0.1) is 5.92 Å². The van der Waals surface area contributed by atoms with Crippen molar-refractivity contribution in [2.45, 2.75) is 39.3 Å². The van der Waals surface area contributed by atoms with Gasteiger partial charge in [0.15, 0.2) is 0 Å². The third kappa shape index (κ3) is 8.50. The topological polar surface area (TPSA) is 98.7 Å². The van der Waals surface area contributed by atoms with Crippen molar-refractivity contribution >= 4 is 46.7 Å². The third-order valence-electron chi connectivity index (χ3n) is 4.37. The summed E-state index contributed by atoms with van der Waals surface area (Å²) in [5.41, 5.74) is 1.79. The quantitative estimate of drug-likeness (QED) is 0.428. The van der Waals surface area contributed by atoms with Crippen LogP contribution in [0.3, 0.4) is 0 Å². The Hall–Kier alpha value is -1.99. The molecule has 0 fully saturated rings. The number of alkyl halides is 2. The van der Waals surface area contributed by atoms with Crippen LogP contribution >= 0.6 is 23.2 Å². The number of anilines is 1. The second-order valence-corrected chi connectivity index (χ2v) is 7.81. The van der Waals surface area contributed by atoms with Crippen LogP contribution in [0.1, 0.15) is 26.3 Å². The smallest absolute Gasteiger partial charge is 0.326 e. The summed E-state index contributed by atoms with van der Waals surface area (Å²) in [6.45, 7) is 6.06. The number of hydrogen-bond acceptors (Lipinski definition) is 4. The molecule has 2 amide bonds. The highest BCUT2D eigenvalue weighted by molar-refractivity contribution is 6.18. The molecule has 162 valence electrons. The van der Waals surface area contributed by atoms with E-state index >= 15 is 0 Å². The van der Waals surface area contributed by atoms with E-state index in [1.165, 1.54) is 6.92 Å². The lowest BCUT2D eigenvalue weighted by Crippen LogP contribution is -2.53. The minimum atomic E-state index is -1.11. The molecule has 0 unspecified atom stereocenters. The summed E-state index contributed by atoms with van der Waals surface area (Å²) in [5, 5.41) is 14.4. The normalized spacial score (nSPS) is 12.9. The first-order valence-electron chi connectivity index (χ1n) is 9.45. The predicted octanol–water partition coefficient (Wildman–Crippen LogP) is 2.24. The van der Waals surface area contributed by atoms with Crippen LogP contribution in [0.2, 0.25) is 0 Å². The fourth-order valence-corrected chi connectivity index (χ4v) is 3.28. The number of benzene rings is 1. The number of carboxylic acid groups (broad SMARTS) is 1. The number of nitrogens with one attached hydrogen (secondary N) is 2. The van der Waals surface area contributed by atoms with Gasteiger partial charge in [0.2, 0.25) is 11.8 Å². The highest BCUT2D eigenvalue weighted by Crippen LogP contribution is 2.17. The molecule has 0 spiro atoms. The summed E-state index contributed by atoms with van der Waals surface area (Å²) in [5.74, 6) is -1.35. The number of hydrogen-bond donors (Lipinski definition) is 3. The van der Waals surface area contributed by atoms with E-state index in [4.69, 9.17) is 23.2 Å². The van der Waals surface area contributed by atoms with Crippen LogP contribution in [0.4, 0.5) is 5.69 Å². The zero-order valence-corrected chi connectivity index (χ0v) is 18.5. The molecule has 3 N–H and O–H groups in total. The van der Waals surface area contributed by atoms with Crippen LogP contribution in [0.15, 0.2) is 24.3 Å². The van der Waals surface area contributed by atoms with Crippen molar-refractivity contribution in [1.82, 2.24) is 10.6 Å². The summed E-state index contributed by atoms with van der Waals surface area (Å²) in [6, 6.07) is 5.64. The average molecular weight is 446 g/mol. The first kappa shape index (κ1) is 25.0. The SMILES string of the molecule is CC(=O)N[C@@H](Cc1ccc(N(CCCl)CCCl)cc1)C(=O)N[C@@H](C(=O)O)C(C)C. The molecule has 0 heterocycles. The molecule has 7 nitrogen and oxygen atoms in total. The van der Waals surface area contributed by atoms with Crippen molar-refractivity contribution < 1.29 is 19.5 Å². The van der Waals surface area contributed by atoms with Crippen molar-refractivity contribution in [1.29, 1.82) is 0 Å². The van der Waals surface area contributed by atoms with Crippen LogP contribution in [0.5, 0.6) is 0 Å². The number of carbonyl (C=O) groups excluding carboxylic acids is 2. The van der Waals surface area contributed by atoms with Crippen molar-refractivity contribution in [3.05, 3.63) is 29.8 Å². The Bertz CT molecular complexity index is 677. The van der Waals surface area contributed by atoms with Crippen molar-refractivity contribution in [2.24, 2.45) is 5.92 Å². The molecule has 9 heteroatoms. The lowest BCUT2D eigenvalue weighted by atomic mass is 10.0. The lowest BCUT2D eigenvalue weighted by Gasteiger charge is -2.24. The number of aliphatic carboxylic acids is 1. The fourth-order valence-electron chi connectivity index (χ4n) is 2.87. The van der Waals surface area contributed by atoms with Gasteiger partial charge in [-0.3, -0.25) is 9.59 Å². The van der Waals surface area contributed by atoms with Crippen LogP contribution in [0.25, 0.3) is 0 Å². The first-order chi connectivity index (χ1) is 13.7. The van der Waals surface area contributed by atoms with Gasteiger partial charge in [0.05, 0.1) is 0 Å². The van der Waals surface area contributed by atoms with Crippen molar-refractivity contribution in [3.63, 3.8) is 0 Å². The second-order valence-electron chi connectivity index (χ2n) is 7.06. The van der Waals surface area contributed by atoms with E-state index in [2.05, 4.69) is 15.5 Å². The summed E-state index contributed by atoms with van der Waals surface area (Å²) >= 11 is 11.7. The van der Waals surface area contributed by atoms with Crippen LogP contribution in [-0.4, -0.2) is 59.8 Å². The van der Waals surface area contributed by atoms with Gasteiger partial charge >= 0.3 is 5.97 Å². The van der Waals surface area contributed by atoms with Gasteiger partial charge in [0.25, 0.3) is 0 Å². The Morgan fingerprint density at radius 1 is 1.03 bits per heavy atom. The number of carbonyl (C=O) groups is 3. The molecule has 0 radical (unpaired) electrons. The monoisotopic (exact) mass is 445 g/mol. The fraction of sp³-hybridized carbons (Fsp3) is 0.550. The van der Waals surface area contributed by atoms with E-state index in [0.717, 1.165) is 11.3 Å². The number of nitrogens with zero attached hydrogens (tertiary/aromatic N) is 1. The molecule has 1 rings (SSSR count). The Morgan fingerprint density at radius 2 is 1.59 bits per heavy atom. The molecule has 29 heavy (non-hydrogen) atoms. The first-order valence-corrected chi connectivity index (χ1v) is 10.5. The molecule has 0 saturated heterocycles. The lowest BCUT2D eigenvalue weighted by molar-refractivity contribution is -0.143. The van der Waals surface area contributed by atoms with Crippen molar-refractivity contribution in [3.8, 4) is 0 Å². The van der Waals surface area contributed by atoms with Crippen LogP contribution in [-0.2, 0) is 20.8 Å². The number of amides is 2. The molecule has 0 saturated carbocycles. The molecule has 0 bridgehead atoms. The molecule has 1 aromatic carbocycles. The van der Waals surface area contributed by atoms with E-state index < -0.39 is 24.0 Å². The van der Waals surface area contributed by atoms with Gasteiger partial charge in [-0.15, -0.1) is 23.2 Å². The number of halogens is 2. The number of carboxylic acids is 1. The van der Waals surface area contributed by atoms with E-state index in [1.54, 1.807) is 13.8 Å². The highest BCUT2D eigenvalue weighted by atomic mass is 35.5. The summed E-state index contributed by atoms with van der Waals surface area (Å²) < 4.78 is 0. The third-order valence-corrected chi connectivity index (χ3v) is 4.71. The summed E-state index contributed by atoms with van der Waals surface area (Å²) in [6.07, 6.45) is 0.237. The summed E-state index contributed by atoms with van der Waals surface area (Å²) in [7, 11) is 0. The Kier molecular flexibility index (Phi) is 10.8. The minimum Gasteiger partial charge on any atom is -0.480 e. The standard InChI is InChI=1S/C20H29Cl2N3O4/c1-13(2)18(20(28)29)24-19(27)17(23-14(3)26)12-15-4-6-16(7-5-15)25(10-8-21)11-9-22/h4-7,13,17-18H,8-12H2,1-3H3,(H,23,26)(H,24,27)(H,28,29)/t17-,18+/m0/s1. The maximum atomic E-state index is 12.6. The minimum absolute atomic E-state index is 0.237. The van der Waals surface area contributed by atoms with E-state index in [0.29, 0.717) is 24.8 Å². The van der Waals surface area contributed by atoms with E-state index in [-0.39, 0.29) is 18.2 Å². The predicted molar refractivity (Wildman–Crippen MR) is 116 cm³/mol. The van der Waals surface area contributed by atoms with E-state index in [9.17, 15) is 19.5 Å². The largest absolute Gasteiger partial charge is 0.480 e. The molecule has 2 atom stereocenters. The Labute approximate surface area is 181 Å². The van der Waals surface area contributed by atoms with Gasteiger partial charge in [0, 0.05) is 43.9 Å². The van der Waals surface area contributed by atoms with Gasteiger partial charge in [-0.2, -0.15) is 0 Å². The Morgan fingerprint density at radius 3 is 2.00 bits per heavy atom. The Balaban J connectivity index is 2.93. The zero-order chi connectivity index (χ0) is 22.0. The van der Waals surface area contributed by atoms with E-state index in [1.807, 2.05) is 24.3 Å². The molecule has 1 aromatic rings. The van der Waals surface area contributed by atoms with Gasteiger partial charge in [-0.1, -0.05) is 26.0 Å². The second kappa shape index (κ2) is 12.5.